The van der Waals surface area contributed by atoms with Crippen LogP contribution in [0.4, 0.5) is 39.5 Å². The summed E-state index contributed by atoms with van der Waals surface area (Å²) in [5.74, 6) is 0. The van der Waals surface area contributed by atoms with Crippen LogP contribution in [0.3, 0.4) is 0 Å². The third-order valence-electron chi connectivity index (χ3n) is 6.09. The third kappa shape index (κ3) is 5.85. The summed E-state index contributed by atoms with van der Waals surface area (Å²) in [6.07, 6.45) is -13.6. The molecule has 0 N–H and O–H groups in total. The Hall–Kier alpha value is -2.06. The zero-order valence-electron chi connectivity index (χ0n) is 19.6. The van der Waals surface area contributed by atoms with E-state index in [1.807, 2.05) is 0 Å². The molecule has 0 amide bonds. The average molecular weight is 616 g/mol. The quantitative estimate of drug-likeness (QED) is 0.147. The van der Waals surface area contributed by atoms with Gasteiger partial charge in [-0.1, -0.05) is 31.5 Å². The van der Waals surface area contributed by atoms with Crippen LogP contribution in [0.1, 0.15) is 43.4 Å². The topological polar surface area (TPSA) is 0 Å². The molecule has 200 valence electrons. The molecule has 37 heavy (non-hydrogen) atoms. The van der Waals surface area contributed by atoms with Crippen molar-refractivity contribution in [2.75, 3.05) is 0 Å². The summed E-state index contributed by atoms with van der Waals surface area (Å²) in [7, 11) is -3.65. The normalized spacial score (nSPS) is 14.9. The molecular formula is C26H22BrF9P+. The molecule has 3 aromatic carbocycles. The zero-order chi connectivity index (χ0) is 27.9. The summed E-state index contributed by atoms with van der Waals surface area (Å²) in [6, 6.07) is 12.4. The summed E-state index contributed by atoms with van der Waals surface area (Å²) in [5, 5.41) is 0.0244. The molecule has 0 aliphatic heterocycles. The van der Waals surface area contributed by atoms with Crippen molar-refractivity contribution in [2.45, 2.75) is 49.3 Å². The minimum atomic E-state index is -4.78. The molecule has 0 saturated heterocycles. The number of hydrogen-bond acceptors (Lipinski definition) is 0. The van der Waals surface area contributed by atoms with Crippen molar-refractivity contribution < 1.29 is 39.5 Å². The van der Waals surface area contributed by atoms with E-state index in [2.05, 4.69) is 15.9 Å². The highest BCUT2D eigenvalue weighted by Gasteiger charge is 2.60. The molecule has 1 unspecified atom stereocenters. The maximum absolute atomic E-state index is 13.7. The Morgan fingerprint density at radius 2 is 0.892 bits per heavy atom. The minimum absolute atomic E-state index is 0.00815. The third-order valence-corrected chi connectivity index (χ3v) is 12.9. The Morgan fingerprint density at radius 1 is 0.595 bits per heavy atom. The molecule has 0 aromatic heterocycles. The molecule has 1 atom stereocenters. The lowest BCUT2D eigenvalue weighted by molar-refractivity contribution is -0.138. The van der Waals surface area contributed by atoms with Gasteiger partial charge < -0.3 is 0 Å². The predicted octanol–water partition coefficient (Wildman–Crippen LogP) is 8.95. The first-order valence-corrected chi connectivity index (χ1v) is 13.6. The standard InChI is InChI=1S/C26H22BrF9P/c1-3-13-23(2,27)37(20-10-4-7-17(14-20)24(28,29)30,21-11-5-8-18(15-21)25(31,32)33)22-12-6-9-19(16-22)26(34,35)36/h4-12,14-16H,3,13H2,1-2H3/q+1. The highest BCUT2D eigenvalue weighted by Crippen LogP contribution is 2.70. The molecule has 0 saturated carbocycles. The van der Waals surface area contributed by atoms with Gasteiger partial charge in [0.25, 0.3) is 0 Å². The Morgan fingerprint density at radius 3 is 1.14 bits per heavy atom. The van der Waals surface area contributed by atoms with Crippen molar-refractivity contribution in [2.24, 2.45) is 0 Å². The lowest BCUT2D eigenvalue weighted by Crippen LogP contribution is -2.43. The van der Waals surface area contributed by atoms with Crippen molar-refractivity contribution in [1.82, 2.24) is 0 Å². The van der Waals surface area contributed by atoms with E-state index < -0.39 is 46.5 Å². The van der Waals surface area contributed by atoms with Crippen LogP contribution in [-0.2, 0) is 18.5 Å². The van der Waals surface area contributed by atoms with Crippen LogP contribution in [0, 0.1) is 0 Å². The molecule has 0 radical (unpaired) electrons. The van der Waals surface area contributed by atoms with E-state index in [9.17, 15) is 39.5 Å². The lowest BCUT2D eigenvalue weighted by Gasteiger charge is -2.39. The molecule has 3 rings (SSSR count). The first-order valence-electron chi connectivity index (χ1n) is 11.1. The fraction of sp³-hybridized carbons (Fsp3) is 0.308. The van der Waals surface area contributed by atoms with E-state index in [4.69, 9.17) is 0 Å². The predicted molar refractivity (Wildman–Crippen MR) is 132 cm³/mol. The van der Waals surface area contributed by atoms with Crippen LogP contribution in [-0.4, -0.2) is 4.07 Å². The number of benzene rings is 3. The van der Waals surface area contributed by atoms with Crippen LogP contribution < -0.4 is 15.9 Å². The molecule has 0 spiro atoms. The number of rotatable bonds is 6. The smallest absolute Gasteiger partial charge is 0.166 e. The molecule has 0 bridgehead atoms. The van der Waals surface area contributed by atoms with Crippen molar-refractivity contribution in [1.29, 1.82) is 0 Å². The van der Waals surface area contributed by atoms with Crippen LogP contribution in [0.25, 0.3) is 0 Å². The largest absolute Gasteiger partial charge is 0.416 e. The molecular weight excluding hydrogens is 594 g/mol. The number of halogens is 10. The Kier molecular flexibility index (Phi) is 8.17. The zero-order valence-corrected chi connectivity index (χ0v) is 22.0. The van der Waals surface area contributed by atoms with E-state index in [-0.39, 0.29) is 22.3 Å². The van der Waals surface area contributed by atoms with Crippen LogP contribution >= 0.6 is 23.2 Å². The van der Waals surface area contributed by atoms with Gasteiger partial charge in [-0.05, 0) is 83.9 Å². The second-order valence-corrected chi connectivity index (χ2v) is 14.9. The summed E-state index contributed by atoms with van der Waals surface area (Å²) in [6.45, 7) is 3.39. The van der Waals surface area contributed by atoms with Crippen LogP contribution in [0.2, 0.25) is 0 Å². The average Bonchev–Trinajstić information content (AvgIpc) is 2.78. The van der Waals surface area contributed by atoms with Gasteiger partial charge in [-0.3, -0.25) is 0 Å². The SMILES string of the molecule is CCCC(C)(Br)[P+](c1cccc(C(F)(F)F)c1)(c1cccc(C(F)(F)F)c1)c1cccc(C(F)(F)F)c1. The lowest BCUT2D eigenvalue weighted by atomic mass is 10.2. The van der Waals surface area contributed by atoms with E-state index in [1.165, 1.54) is 18.2 Å². The summed E-state index contributed by atoms with van der Waals surface area (Å²) >= 11 is 3.61. The van der Waals surface area contributed by atoms with Gasteiger partial charge in [-0.2, -0.15) is 39.5 Å². The van der Waals surface area contributed by atoms with Gasteiger partial charge in [0.15, 0.2) is 0 Å². The molecule has 3 aromatic rings. The molecule has 0 nitrogen and oxygen atoms in total. The van der Waals surface area contributed by atoms with Crippen molar-refractivity contribution in [3.63, 3.8) is 0 Å². The van der Waals surface area contributed by atoms with Crippen LogP contribution in [0.5, 0.6) is 0 Å². The fourth-order valence-electron chi connectivity index (χ4n) is 4.55. The second-order valence-electron chi connectivity index (χ2n) is 8.71. The maximum Gasteiger partial charge on any atom is 0.416 e. The fourth-order valence-corrected chi connectivity index (χ4v) is 11.8. The second kappa shape index (κ2) is 10.3. The summed E-state index contributed by atoms with van der Waals surface area (Å²) in [5.41, 5.74) is -3.14. The van der Waals surface area contributed by atoms with Gasteiger partial charge in [0.2, 0.25) is 0 Å². The molecule has 0 aliphatic carbocycles. The molecule has 0 aliphatic rings. The van der Waals surface area contributed by atoms with Crippen molar-refractivity contribution in [3.05, 3.63) is 89.5 Å². The Bertz CT molecular complexity index is 1100. The monoisotopic (exact) mass is 615 g/mol. The first-order chi connectivity index (χ1) is 16.9. The van der Waals surface area contributed by atoms with Gasteiger partial charge in [-0.25, -0.2) is 0 Å². The van der Waals surface area contributed by atoms with E-state index in [0.29, 0.717) is 6.42 Å². The van der Waals surface area contributed by atoms with E-state index in [0.717, 1.165) is 54.6 Å². The highest BCUT2D eigenvalue weighted by molar-refractivity contribution is 9.11. The maximum atomic E-state index is 13.7. The van der Waals surface area contributed by atoms with Crippen molar-refractivity contribution >= 4 is 39.1 Å². The number of alkyl halides is 10. The van der Waals surface area contributed by atoms with Gasteiger partial charge in [0, 0.05) is 0 Å². The van der Waals surface area contributed by atoms with Crippen molar-refractivity contribution in [3.8, 4) is 0 Å². The number of hydrogen-bond donors (Lipinski definition) is 0. The van der Waals surface area contributed by atoms with E-state index >= 15 is 0 Å². The Balaban J connectivity index is 2.57. The molecule has 11 heteroatoms. The van der Waals surface area contributed by atoms with Crippen LogP contribution in [0.15, 0.2) is 72.8 Å². The van der Waals surface area contributed by atoms with Gasteiger partial charge >= 0.3 is 18.5 Å². The minimum Gasteiger partial charge on any atom is -0.166 e. The summed E-state index contributed by atoms with van der Waals surface area (Å²) in [4.78, 5) is 0. The van der Waals surface area contributed by atoms with Gasteiger partial charge in [0.1, 0.15) is 27.2 Å². The Labute approximate surface area is 217 Å². The van der Waals surface area contributed by atoms with Gasteiger partial charge in [-0.15, -0.1) is 0 Å². The molecule has 0 heterocycles. The van der Waals surface area contributed by atoms with E-state index in [1.54, 1.807) is 13.8 Å². The molecule has 0 fully saturated rings. The summed E-state index contributed by atoms with van der Waals surface area (Å²) < 4.78 is 123. The van der Waals surface area contributed by atoms with Gasteiger partial charge in [0.05, 0.1) is 16.7 Å². The highest BCUT2D eigenvalue weighted by atomic mass is 79.9. The first kappa shape index (κ1) is 29.5.